The van der Waals surface area contributed by atoms with Gasteiger partial charge >= 0.3 is 6.18 Å². The summed E-state index contributed by atoms with van der Waals surface area (Å²) in [4.78, 5) is 25.6. The van der Waals surface area contributed by atoms with Gasteiger partial charge in [-0.15, -0.1) is 11.3 Å². The average molecular weight is 442 g/mol. The highest BCUT2D eigenvalue weighted by Crippen LogP contribution is 2.29. The first-order chi connectivity index (χ1) is 14.8. The van der Waals surface area contributed by atoms with Crippen LogP contribution < -0.4 is 10.6 Å². The van der Waals surface area contributed by atoms with Gasteiger partial charge in [0.05, 0.1) is 17.0 Å². The molecule has 0 radical (unpaired) electrons. The summed E-state index contributed by atoms with van der Waals surface area (Å²) in [6, 6.07) is 15.8. The Labute approximate surface area is 181 Å². The van der Waals surface area contributed by atoms with E-state index in [1.54, 1.807) is 47.8 Å². The first kappa shape index (κ1) is 22.1. The van der Waals surface area contributed by atoms with E-state index in [1.165, 1.54) is 23.5 Å². The molecule has 1 aromatic heterocycles. The predicted molar refractivity (Wildman–Crippen MR) is 112 cm³/mol. The van der Waals surface area contributed by atoms with Crippen LogP contribution in [0, 0.1) is 11.8 Å². The number of nitrogens with one attached hydrogen (secondary N) is 2. The van der Waals surface area contributed by atoms with Gasteiger partial charge < -0.3 is 10.6 Å². The maximum atomic E-state index is 12.8. The van der Waals surface area contributed by atoms with Gasteiger partial charge in [0.25, 0.3) is 5.91 Å². The Morgan fingerprint density at radius 3 is 2.45 bits per heavy atom. The van der Waals surface area contributed by atoms with Crippen LogP contribution in [0.2, 0.25) is 0 Å². The second-order valence-electron chi connectivity index (χ2n) is 6.39. The number of thiophene rings is 1. The maximum absolute atomic E-state index is 12.8. The lowest BCUT2D eigenvalue weighted by Gasteiger charge is -2.18. The second kappa shape index (κ2) is 9.96. The highest BCUT2D eigenvalue weighted by Gasteiger charge is 2.30. The van der Waals surface area contributed by atoms with Crippen molar-refractivity contribution in [2.24, 2.45) is 0 Å². The van der Waals surface area contributed by atoms with E-state index in [-0.39, 0.29) is 18.0 Å². The largest absolute Gasteiger partial charge is 0.416 e. The van der Waals surface area contributed by atoms with Crippen LogP contribution in [0.5, 0.6) is 0 Å². The molecule has 1 heterocycles. The lowest BCUT2D eigenvalue weighted by atomic mass is 10.1. The molecular formula is C23H17F3N2O2S. The third kappa shape index (κ3) is 6.20. The van der Waals surface area contributed by atoms with Crippen LogP contribution in [0.3, 0.4) is 0 Å². The van der Waals surface area contributed by atoms with Crippen LogP contribution in [0.1, 0.15) is 32.4 Å². The van der Waals surface area contributed by atoms with Crippen LogP contribution in [-0.4, -0.2) is 18.4 Å². The van der Waals surface area contributed by atoms with Crippen molar-refractivity contribution in [3.63, 3.8) is 0 Å². The van der Waals surface area contributed by atoms with Crippen molar-refractivity contribution in [2.75, 3.05) is 6.54 Å². The lowest BCUT2D eigenvalue weighted by Crippen LogP contribution is -2.40. The van der Waals surface area contributed by atoms with E-state index < -0.39 is 23.7 Å². The Hall–Kier alpha value is -3.57. The van der Waals surface area contributed by atoms with Crippen molar-refractivity contribution in [3.8, 4) is 11.8 Å². The Morgan fingerprint density at radius 1 is 1.00 bits per heavy atom. The van der Waals surface area contributed by atoms with Crippen LogP contribution in [0.15, 0.2) is 72.1 Å². The van der Waals surface area contributed by atoms with E-state index in [9.17, 15) is 22.8 Å². The van der Waals surface area contributed by atoms with Crippen LogP contribution in [0.25, 0.3) is 0 Å². The molecule has 158 valence electrons. The molecular weight excluding hydrogens is 425 g/mol. The summed E-state index contributed by atoms with van der Waals surface area (Å²) >= 11 is 1.26. The van der Waals surface area contributed by atoms with E-state index in [0.29, 0.717) is 10.4 Å². The van der Waals surface area contributed by atoms with E-state index in [2.05, 4.69) is 22.5 Å². The van der Waals surface area contributed by atoms with Crippen LogP contribution >= 0.6 is 11.3 Å². The molecule has 31 heavy (non-hydrogen) atoms. The van der Waals surface area contributed by atoms with E-state index in [4.69, 9.17) is 0 Å². The zero-order valence-corrected chi connectivity index (χ0v) is 16.9. The molecule has 0 bridgehead atoms. The minimum Gasteiger partial charge on any atom is -0.343 e. The van der Waals surface area contributed by atoms with Gasteiger partial charge in [-0.3, -0.25) is 9.59 Å². The van der Waals surface area contributed by atoms with E-state index >= 15 is 0 Å². The molecule has 0 aliphatic heterocycles. The molecule has 4 nitrogen and oxygen atoms in total. The number of rotatable bonds is 5. The van der Waals surface area contributed by atoms with Crippen LogP contribution in [-0.2, 0) is 11.0 Å². The minimum atomic E-state index is -4.45. The molecule has 0 aliphatic carbocycles. The molecule has 0 saturated carbocycles. The van der Waals surface area contributed by atoms with Crippen molar-refractivity contribution in [1.29, 1.82) is 0 Å². The summed E-state index contributed by atoms with van der Waals surface area (Å²) < 4.78 is 38.3. The minimum absolute atomic E-state index is 0.0900. The fourth-order valence-corrected chi connectivity index (χ4v) is 3.34. The molecule has 2 aromatic carbocycles. The summed E-state index contributed by atoms with van der Waals surface area (Å²) in [5.74, 6) is 4.38. The number of halogens is 3. The van der Waals surface area contributed by atoms with E-state index in [0.717, 1.165) is 12.1 Å². The predicted octanol–water partition coefficient (Wildman–Crippen LogP) is 4.41. The Kier molecular flexibility index (Phi) is 7.11. The number of amides is 2. The Balaban J connectivity index is 1.68. The standard InChI is InChI=1S/C23H17F3N2O2S/c24-23(25,26)18-11-4-7-16(15-18)8-5-13-27-22(30)20(17-9-2-1-3-10-17)28-21(29)19-12-6-14-31-19/h1-4,6-7,9-12,14-15,20H,13H2,(H,27,30)(H,28,29). The van der Waals surface area contributed by atoms with Crippen molar-refractivity contribution in [2.45, 2.75) is 12.2 Å². The number of carbonyl (C=O) groups excluding carboxylic acids is 2. The fourth-order valence-electron chi connectivity index (χ4n) is 2.71. The highest BCUT2D eigenvalue weighted by atomic mass is 32.1. The van der Waals surface area contributed by atoms with Crippen molar-refractivity contribution >= 4 is 23.2 Å². The first-order valence-corrected chi connectivity index (χ1v) is 10.1. The fraction of sp³-hybridized carbons (Fsp3) is 0.130. The molecule has 0 spiro atoms. The van der Waals surface area contributed by atoms with Crippen LogP contribution in [0.4, 0.5) is 13.2 Å². The topological polar surface area (TPSA) is 58.2 Å². The number of benzene rings is 2. The van der Waals surface area contributed by atoms with E-state index in [1.807, 2.05) is 0 Å². The smallest absolute Gasteiger partial charge is 0.343 e. The first-order valence-electron chi connectivity index (χ1n) is 9.18. The van der Waals surface area contributed by atoms with Crippen molar-refractivity contribution in [3.05, 3.63) is 93.7 Å². The third-order valence-electron chi connectivity index (χ3n) is 4.19. The average Bonchev–Trinajstić information content (AvgIpc) is 3.30. The molecule has 1 unspecified atom stereocenters. The van der Waals surface area contributed by atoms with Gasteiger partial charge in [0.15, 0.2) is 0 Å². The van der Waals surface area contributed by atoms with Crippen molar-refractivity contribution < 1.29 is 22.8 Å². The van der Waals surface area contributed by atoms with Crippen molar-refractivity contribution in [1.82, 2.24) is 10.6 Å². The number of hydrogen-bond acceptors (Lipinski definition) is 3. The monoisotopic (exact) mass is 442 g/mol. The summed E-state index contributed by atoms with van der Waals surface area (Å²) in [5.41, 5.74) is -0.00538. The Bertz CT molecular complexity index is 1100. The lowest BCUT2D eigenvalue weighted by molar-refractivity contribution is -0.137. The van der Waals surface area contributed by atoms with Gasteiger partial charge in [-0.1, -0.05) is 54.3 Å². The summed E-state index contributed by atoms with van der Waals surface area (Å²) in [7, 11) is 0. The van der Waals surface area contributed by atoms with Gasteiger partial charge in [-0.05, 0) is 35.2 Å². The SMILES string of the molecule is O=C(NC(C(=O)NCC#Cc1cccc(C(F)(F)F)c1)c1ccccc1)c1cccs1. The number of carbonyl (C=O) groups is 2. The summed E-state index contributed by atoms with van der Waals surface area (Å²) in [6.45, 7) is -0.0900. The second-order valence-corrected chi connectivity index (χ2v) is 7.34. The molecule has 2 amide bonds. The molecule has 8 heteroatoms. The molecule has 2 N–H and O–H groups in total. The molecule has 0 saturated heterocycles. The normalized spacial score (nSPS) is 11.7. The summed E-state index contributed by atoms with van der Waals surface area (Å²) in [5, 5.41) is 7.07. The number of hydrogen-bond donors (Lipinski definition) is 2. The quantitative estimate of drug-likeness (QED) is 0.576. The third-order valence-corrected chi connectivity index (χ3v) is 5.06. The number of alkyl halides is 3. The van der Waals surface area contributed by atoms with Gasteiger partial charge in [0.2, 0.25) is 5.91 Å². The maximum Gasteiger partial charge on any atom is 0.416 e. The highest BCUT2D eigenvalue weighted by molar-refractivity contribution is 7.12. The van der Waals surface area contributed by atoms with Gasteiger partial charge in [0, 0.05) is 5.56 Å². The van der Waals surface area contributed by atoms with Gasteiger partial charge in [0.1, 0.15) is 6.04 Å². The summed E-state index contributed by atoms with van der Waals surface area (Å²) in [6.07, 6.45) is -4.45. The zero-order chi connectivity index (χ0) is 22.3. The molecule has 0 fully saturated rings. The molecule has 3 aromatic rings. The van der Waals surface area contributed by atoms with Gasteiger partial charge in [-0.2, -0.15) is 13.2 Å². The van der Waals surface area contributed by atoms with Gasteiger partial charge in [-0.25, -0.2) is 0 Å². The molecule has 1 atom stereocenters. The zero-order valence-electron chi connectivity index (χ0n) is 16.1. The molecule has 3 rings (SSSR count). The molecule has 0 aliphatic rings. The Morgan fingerprint density at radius 2 is 1.77 bits per heavy atom.